The predicted octanol–water partition coefficient (Wildman–Crippen LogP) is -2.08. The number of rotatable bonds is 7. The van der Waals surface area contributed by atoms with Gasteiger partial charge >= 0.3 is 0 Å². The zero-order valence-electron chi connectivity index (χ0n) is 7.90. The molecule has 0 aliphatic carbocycles. The topological polar surface area (TPSA) is 93.0 Å². The smallest absolute Gasteiger partial charge is 0.0894 e. The summed E-state index contributed by atoms with van der Waals surface area (Å²) in [5, 5.41) is 38.1. The maximum atomic E-state index is 8.96. The second kappa shape index (κ2) is 6.28. The quantitative estimate of drug-likeness (QED) is 0.320. The fraction of sp³-hybridized carbons (Fsp3) is 1.00. The lowest BCUT2D eigenvalue weighted by atomic mass is 9.93. The third-order valence-electron chi connectivity index (χ3n) is 1.91. The van der Waals surface area contributed by atoms with Gasteiger partial charge in [0.1, 0.15) is 0 Å². The van der Waals surface area contributed by atoms with Crippen molar-refractivity contribution in [2.45, 2.75) is 13.0 Å². The molecule has 1 unspecified atom stereocenters. The molecule has 0 spiro atoms. The molecule has 5 nitrogen and oxygen atoms in total. The van der Waals surface area contributed by atoms with E-state index >= 15 is 0 Å². The van der Waals surface area contributed by atoms with Crippen molar-refractivity contribution in [2.24, 2.45) is 5.41 Å². The van der Waals surface area contributed by atoms with Gasteiger partial charge in [0.05, 0.1) is 25.9 Å². The highest BCUT2D eigenvalue weighted by atomic mass is 16.3. The van der Waals surface area contributed by atoms with Gasteiger partial charge in [0.2, 0.25) is 0 Å². The summed E-state index contributed by atoms with van der Waals surface area (Å²) < 4.78 is 0. The summed E-state index contributed by atoms with van der Waals surface area (Å²) in [4.78, 5) is 0. The molecule has 0 aliphatic rings. The Kier molecular flexibility index (Phi) is 6.19. The molecule has 0 amide bonds. The fourth-order valence-corrected chi connectivity index (χ4v) is 0.767. The van der Waals surface area contributed by atoms with E-state index in [9.17, 15) is 0 Å². The highest BCUT2D eigenvalue weighted by Crippen LogP contribution is 2.11. The Morgan fingerprint density at radius 3 is 2.15 bits per heavy atom. The maximum absolute atomic E-state index is 8.96. The Balaban J connectivity index is 3.61. The van der Waals surface area contributed by atoms with Crippen LogP contribution in [0.5, 0.6) is 0 Å². The van der Waals surface area contributed by atoms with Gasteiger partial charge < -0.3 is 25.7 Å². The van der Waals surface area contributed by atoms with Crippen molar-refractivity contribution in [1.29, 1.82) is 0 Å². The van der Waals surface area contributed by atoms with E-state index in [-0.39, 0.29) is 26.4 Å². The van der Waals surface area contributed by atoms with Crippen LogP contribution in [-0.4, -0.2) is 59.4 Å². The molecule has 0 aromatic carbocycles. The average Bonchev–Trinajstić information content (AvgIpc) is 2.17. The predicted molar refractivity (Wildman–Crippen MR) is 48.2 cm³/mol. The monoisotopic (exact) mass is 193 g/mol. The first-order valence-corrected chi connectivity index (χ1v) is 4.29. The van der Waals surface area contributed by atoms with Gasteiger partial charge in [-0.1, -0.05) is 6.92 Å². The number of aliphatic hydroxyl groups excluding tert-OH is 4. The Bertz CT molecular complexity index is 127. The van der Waals surface area contributed by atoms with Crippen LogP contribution in [0.4, 0.5) is 0 Å². The van der Waals surface area contributed by atoms with Gasteiger partial charge in [-0.05, 0) is 0 Å². The van der Waals surface area contributed by atoms with E-state index in [2.05, 4.69) is 5.32 Å². The highest BCUT2D eigenvalue weighted by Gasteiger charge is 2.21. The van der Waals surface area contributed by atoms with E-state index in [0.29, 0.717) is 6.54 Å². The van der Waals surface area contributed by atoms with Crippen LogP contribution in [-0.2, 0) is 0 Å². The van der Waals surface area contributed by atoms with E-state index < -0.39 is 11.5 Å². The summed E-state index contributed by atoms with van der Waals surface area (Å²) in [5.41, 5.74) is -0.574. The summed E-state index contributed by atoms with van der Waals surface area (Å²) in [5.74, 6) is 0. The number of hydrogen-bond donors (Lipinski definition) is 5. The largest absolute Gasteiger partial charge is 0.396 e. The number of aliphatic hydroxyl groups is 4. The molecule has 0 rings (SSSR count). The van der Waals surface area contributed by atoms with Gasteiger partial charge in [-0.25, -0.2) is 0 Å². The maximum Gasteiger partial charge on any atom is 0.0894 e. The zero-order valence-corrected chi connectivity index (χ0v) is 7.90. The lowest BCUT2D eigenvalue weighted by Crippen LogP contribution is -2.41. The first-order chi connectivity index (χ1) is 6.08. The average molecular weight is 193 g/mol. The van der Waals surface area contributed by atoms with Crippen LogP contribution in [0.3, 0.4) is 0 Å². The molecule has 5 N–H and O–H groups in total. The summed E-state index contributed by atoms with van der Waals surface area (Å²) in [6.07, 6.45) is -0.790. The first kappa shape index (κ1) is 12.8. The minimum absolute atomic E-state index is 0.119. The molecule has 0 fully saturated rings. The molecule has 13 heavy (non-hydrogen) atoms. The molecule has 0 bridgehead atoms. The van der Waals surface area contributed by atoms with Crippen LogP contribution in [0.15, 0.2) is 0 Å². The molecule has 80 valence electrons. The summed E-state index contributed by atoms with van der Waals surface area (Å²) in [6, 6.07) is 0. The molecule has 5 heteroatoms. The summed E-state index contributed by atoms with van der Waals surface area (Å²) in [6.45, 7) is 1.86. The summed E-state index contributed by atoms with van der Waals surface area (Å²) in [7, 11) is 0. The molecule has 0 saturated heterocycles. The van der Waals surface area contributed by atoms with Gasteiger partial charge in [0.15, 0.2) is 0 Å². The van der Waals surface area contributed by atoms with Crippen molar-refractivity contribution in [2.75, 3.05) is 32.9 Å². The Morgan fingerprint density at radius 2 is 1.77 bits per heavy atom. The van der Waals surface area contributed by atoms with E-state index in [1.54, 1.807) is 6.92 Å². The van der Waals surface area contributed by atoms with Gasteiger partial charge in [0.25, 0.3) is 0 Å². The molecule has 0 aromatic heterocycles. The van der Waals surface area contributed by atoms with Gasteiger partial charge in [-0.2, -0.15) is 0 Å². The van der Waals surface area contributed by atoms with Crippen molar-refractivity contribution in [1.82, 2.24) is 5.32 Å². The number of nitrogens with one attached hydrogen (secondary N) is 1. The van der Waals surface area contributed by atoms with Crippen molar-refractivity contribution in [3.63, 3.8) is 0 Å². The van der Waals surface area contributed by atoms with Crippen LogP contribution >= 0.6 is 0 Å². The lowest BCUT2D eigenvalue weighted by molar-refractivity contribution is 0.0584. The van der Waals surface area contributed by atoms with E-state index in [1.165, 1.54) is 0 Å². The van der Waals surface area contributed by atoms with Crippen LogP contribution in [0.2, 0.25) is 0 Å². The first-order valence-electron chi connectivity index (χ1n) is 4.29. The van der Waals surface area contributed by atoms with Crippen molar-refractivity contribution in [3.8, 4) is 0 Å². The lowest BCUT2D eigenvalue weighted by Gasteiger charge is -2.25. The molecule has 0 heterocycles. The molecule has 1 atom stereocenters. The van der Waals surface area contributed by atoms with E-state index in [1.807, 2.05) is 0 Å². The van der Waals surface area contributed by atoms with Crippen LogP contribution in [0, 0.1) is 5.41 Å². The van der Waals surface area contributed by atoms with Gasteiger partial charge in [0, 0.05) is 18.5 Å². The van der Waals surface area contributed by atoms with Gasteiger partial charge in [-0.15, -0.1) is 0 Å². The second-order valence-corrected chi connectivity index (χ2v) is 3.59. The minimum atomic E-state index is -0.790. The Labute approximate surface area is 78.0 Å². The number of hydrogen-bond acceptors (Lipinski definition) is 5. The molecular formula is C8H19NO4. The molecule has 0 saturated carbocycles. The molecule has 0 aromatic rings. The third kappa shape index (κ3) is 5.17. The second-order valence-electron chi connectivity index (χ2n) is 3.59. The normalized spacial score (nSPS) is 14.5. The highest BCUT2D eigenvalue weighted by molar-refractivity contribution is 4.75. The van der Waals surface area contributed by atoms with Crippen LogP contribution in [0.25, 0.3) is 0 Å². The zero-order chi connectivity index (χ0) is 10.3. The van der Waals surface area contributed by atoms with E-state index in [0.717, 1.165) is 0 Å². The van der Waals surface area contributed by atoms with Crippen molar-refractivity contribution in [3.05, 3.63) is 0 Å². The molecular weight excluding hydrogens is 174 g/mol. The third-order valence-corrected chi connectivity index (χ3v) is 1.91. The molecule has 0 radical (unpaired) electrons. The molecule has 0 aliphatic heterocycles. The van der Waals surface area contributed by atoms with Crippen molar-refractivity contribution < 1.29 is 20.4 Å². The van der Waals surface area contributed by atoms with Crippen molar-refractivity contribution >= 4 is 0 Å². The van der Waals surface area contributed by atoms with Crippen LogP contribution < -0.4 is 5.32 Å². The van der Waals surface area contributed by atoms with Crippen LogP contribution in [0.1, 0.15) is 6.92 Å². The summed E-state index contributed by atoms with van der Waals surface area (Å²) >= 11 is 0. The minimum Gasteiger partial charge on any atom is -0.396 e. The Morgan fingerprint density at radius 1 is 1.23 bits per heavy atom. The standard InChI is InChI=1S/C8H19NO4/c1-8(5-11,6-12)4-9-2-7(13)3-10/h7,9-13H,2-6H2,1H3. The SMILES string of the molecule is CC(CO)(CO)CNCC(O)CO. The van der Waals surface area contributed by atoms with Gasteiger partial charge in [-0.3, -0.25) is 0 Å². The van der Waals surface area contributed by atoms with E-state index in [4.69, 9.17) is 20.4 Å². The fourth-order valence-electron chi connectivity index (χ4n) is 0.767. The Hall–Kier alpha value is -0.200.